The number of aliphatic hydroxyl groups excluding tert-OH is 1. The zero-order chi connectivity index (χ0) is 21.4. The van der Waals surface area contributed by atoms with Crippen LogP contribution in [0.2, 0.25) is 0 Å². The van der Waals surface area contributed by atoms with E-state index in [1.807, 2.05) is 36.9 Å². The largest absolute Gasteiger partial charge is 0.491 e. The number of amides is 3. The molecule has 3 amide bonds. The maximum absolute atomic E-state index is 12.6. The highest BCUT2D eigenvalue weighted by Crippen LogP contribution is 2.27. The maximum atomic E-state index is 12.6. The van der Waals surface area contributed by atoms with Crippen LogP contribution in [0.25, 0.3) is 0 Å². The van der Waals surface area contributed by atoms with Gasteiger partial charge in [0, 0.05) is 20.1 Å². The average molecular weight is 415 g/mol. The summed E-state index contributed by atoms with van der Waals surface area (Å²) < 4.78 is 5.78. The van der Waals surface area contributed by atoms with E-state index in [1.54, 1.807) is 7.05 Å². The molecule has 0 bridgehead atoms. The number of rotatable bonds is 5. The fraction of sp³-hybridized carbons (Fsp3) is 0.571. The van der Waals surface area contributed by atoms with Crippen molar-refractivity contribution in [3.8, 4) is 5.75 Å². The van der Waals surface area contributed by atoms with Gasteiger partial charge >= 0.3 is 6.03 Å². The number of imide groups is 1. The Hall–Kier alpha value is -2.81. The van der Waals surface area contributed by atoms with Gasteiger partial charge in [0.1, 0.15) is 18.5 Å². The summed E-state index contributed by atoms with van der Waals surface area (Å²) in [6, 6.07) is 4.71. The van der Waals surface area contributed by atoms with E-state index in [0.29, 0.717) is 11.7 Å². The molecule has 2 saturated heterocycles. The summed E-state index contributed by atoms with van der Waals surface area (Å²) in [6.07, 6.45) is 0.701. The van der Waals surface area contributed by atoms with Crippen LogP contribution in [0.3, 0.4) is 0 Å². The summed E-state index contributed by atoms with van der Waals surface area (Å²) in [7, 11) is 1.63. The van der Waals surface area contributed by atoms with Crippen molar-refractivity contribution in [1.82, 2.24) is 20.0 Å². The van der Waals surface area contributed by atoms with Gasteiger partial charge in [-0.3, -0.25) is 10.1 Å². The first-order chi connectivity index (χ1) is 14.3. The van der Waals surface area contributed by atoms with Crippen molar-refractivity contribution in [2.24, 2.45) is 4.99 Å². The molecular weight excluding hydrogens is 386 g/mol. The monoisotopic (exact) mass is 415 g/mol. The van der Waals surface area contributed by atoms with Crippen LogP contribution >= 0.6 is 0 Å². The molecule has 1 aromatic carbocycles. The molecule has 3 aliphatic rings. The first kappa shape index (κ1) is 20.5. The molecule has 162 valence electrons. The highest BCUT2D eigenvalue weighted by atomic mass is 16.5. The van der Waals surface area contributed by atoms with E-state index in [4.69, 9.17) is 9.73 Å². The number of nitrogens with one attached hydrogen (secondary N) is 1. The Bertz CT molecular complexity index is 867. The third-order valence-electron chi connectivity index (χ3n) is 6.06. The predicted octanol–water partition coefficient (Wildman–Crippen LogP) is 0.687. The molecule has 3 atom stereocenters. The Kier molecular flexibility index (Phi) is 5.55. The van der Waals surface area contributed by atoms with Crippen LogP contribution in [0.15, 0.2) is 23.2 Å². The minimum Gasteiger partial charge on any atom is -0.491 e. The zero-order valence-electron chi connectivity index (χ0n) is 17.7. The summed E-state index contributed by atoms with van der Waals surface area (Å²) in [4.78, 5) is 34.8. The van der Waals surface area contributed by atoms with Crippen molar-refractivity contribution in [3.63, 3.8) is 0 Å². The van der Waals surface area contributed by atoms with E-state index in [0.717, 1.165) is 31.5 Å². The number of fused-ring (bicyclic) bond motifs is 1. The van der Waals surface area contributed by atoms with Crippen LogP contribution in [0, 0.1) is 13.8 Å². The summed E-state index contributed by atoms with van der Waals surface area (Å²) in [5.74, 6) is 0.985. The van der Waals surface area contributed by atoms with Crippen LogP contribution < -0.4 is 10.1 Å². The molecule has 4 rings (SSSR count). The number of aryl methyl sites for hydroxylation is 2. The highest BCUT2D eigenvalue weighted by molar-refractivity contribution is 6.03. The second-order valence-electron chi connectivity index (χ2n) is 8.25. The molecule has 2 fully saturated rings. The number of guanidine groups is 1. The summed E-state index contributed by atoms with van der Waals surface area (Å²) in [5, 5.41) is 13.1. The van der Waals surface area contributed by atoms with E-state index in [-0.39, 0.29) is 19.1 Å². The average Bonchev–Trinajstić information content (AvgIpc) is 3.35. The molecular formula is C21H29N5O4. The molecule has 0 radical (unpaired) electrons. The number of hydrogen-bond acceptors (Lipinski definition) is 7. The van der Waals surface area contributed by atoms with Crippen molar-refractivity contribution < 1.29 is 19.4 Å². The predicted molar refractivity (Wildman–Crippen MR) is 111 cm³/mol. The molecule has 1 aromatic rings. The van der Waals surface area contributed by atoms with Gasteiger partial charge in [-0.1, -0.05) is 6.07 Å². The first-order valence-corrected chi connectivity index (χ1v) is 10.4. The minimum absolute atomic E-state index is 0.0973. The van der Waals surface area contributed by atoms with Crippen molar-refractivity contribution in [1.29, 1.82) is 0 Å². The number of carbonyl (C=O) groups excluding carboxylic acids is 2. The summed E-state index contributed by atoms with van der Waals surface area (Å²) >= 11 is 0. The minimum atomic E-state index is -0.825. The Balaban J connectivity index is 1.48. The normalized spacial score (nSPS) is 24.7. The zero-order valence-corrected chi connectivity index (χ0v) is 17.7. The van der Waals surface area contributed by atoms with Gasteiger partial charge in [0.05, 0.1) is 6.54 Å². The van der Waals surface area contributed by atoms with Gasteiger partial charge in [-0.15, -0.1) is 0 Å². The summed E-state index contributed by atoms with van der Waals surface area (Å²) in [5.41, 5.74) is 2.30. The second kappa shape index (κ2) is 8.14. The number of aliphatic imine (C=N–C) groups is 1. The smallest absolute Gasteiger partial charge is 0.325 e. The number of carbonyl (C=O) groups is 2. The Morgan fingerprint density at radius 1 is 1.23 bits per heavy atom. The van der Waals surface area contributed by atoms with Gasteiger partial charge in [-0.05, 0) is 49.9 Å². The van der Waals surface area contributed by atoms with Gasteiger partial charge in [-0.2, -0.15) is 0 Å². The molecule has 3 heterocycles. The number of likely N-dealkylation sites (tertiary alicyclic amines) is 1. The lowest BCUT2D eigenvalue weighted by Gasteiger charge is -2.37. The lowest BCUT2D eigenvalue weighted by atomic mass is 10.1. The number of aliphatic hydroxyl groups is 1. The van der Waals surface area contributed by atoms with E-state index in [2.05, 4.69) is 10.2 Å². The van der Waals surface area contributed by atoms with Crippen LogP contribution in [-0.4, -0.2) is 89.3 Å². The van der Waals surface area contributed by atoms with Crippen LogP contribution in [0.1, 0.15) is 24.0 Å². The fourth-order valence-electron chi connectivity index (χ4n) is 4.16. The molecule has 0 aliphatic carbocycles. The Labute approximate surface area is 176 Å². The maximum Gasteiger partial charge on any atom is 0.325 e. The van der Waals surface area contributed by atoms with Gasteiger partial charge in [0.15, 0.2) is 18.2 Å². The fourth-order valence-corrected chi connectivity index (χ4v) is 4.16. The number of β-amino-alcohol motifs (C(OH)–C–C–N with tert-alkyl or cyclic N) is 1. The first-order valence-electron chi connectivity index (χ1n) is 10.4. The van der Waals surface area contributed by atoms with Gasteiger partial charge in [0.25, 0.3) is 5.91 Å². The number of ether oxygens (including phenoxy) is 1. The standard InChI is InChI=1S/C21H29N5O4/c1-13-6-7-16(10-14(13)2)30-12-15(27)11-26-17-18(24(3)21(29)23-19(17)28)22-20(26)25-8-4-5-9-25/h6-7,10,15,17-18,27H,4-5,8-9,11-12H2,1-3H3,(H,23,28,29). The molecule has 0 aromatic heterocycles. The van der Waals surface area contributed by atoms with Crippen LogP contribution in [0.4, 0.5) is 4.79 Å². The van der Waals surface area contributed by atoms with Gasteiger partial charge in [-0.25, -0.2) is 9.79 Å². The quantitative estimate of drug-likeness (QED) is 0.734. The Morgan fingerprint density at radius 2 is 1.97 bits per heavy atom. The van der Waals surface area contributed by atoms with Crippen molar-refractivity contribution in [3.05, 3.63) is 29.3 Å². The van der Waals surface area contributed by atoms with E-state index >= 15 is 0 Å². The second-order valence-corrected chi connectivity index (χ2v) is 8.25. The number of urea groups is 1. The number of nitrogens with zero attached hydrogens (tertiary/aromatic N) is 4. The molecule has 9 heteroatoms. The van der Waals surface area contributed by atoms with Crippen LogP contribution in [0.5, 0.6) is 5.75 Å². The van der Waals surface area contributed by atoms with Crippen molar-refractivity contribution in [2.75, 3.05) is 33.3 Å². The molecule has 9 nitrogen and oxygen atoms in total. The molecule has 2 N–H and O–H groups in total. The molecule has 30 heavy (non-hydrogen) atoms. The summed E-state index contributed by atoms with van der Waals surface area (Å²) in [6.45, 7) is 6.04. The van der Waals surface area contributed by atoms with Gasteiger partial charge in [0.2, 0.25) is 0 Å². The topological polar surface area (TPSA) is 97.7 Å². The Morgan fingerprint density at radius 3 is 2.67 bits per heavy atom. The van der Waals surface area contributed by atoms with E-state index in [1.165, 1.54) is 10.5 Å². The molecule has 0 saturated carbocycles. The molecule has 3 unspecified atom stereocenters. The third-order valence-corrected chi connectivity index (χ3v) is 6.06. The van der Waals surface area contributed by atoms with E-state index < -0.39 is 24.3 Å². The highest BCUT2D eigenvalue weighted by Gasteiger charge is 2.50. The van der Waals surface area contributed by atoms with Crippen LogP contribution in [-0.2, 0) is 4.79 Å². The SMILES string of the molecule is Cc1ccc(OCC(O)CN2C(N3CCCC3)=NC3C2C(=O)NC(=O)N3C)cc1C. The number of hydrogen-bond donors (Lipinski definition) is 2. The van der Waals surface area contributed by atoms with E-state index in [9.17, 15) is 14.7 Å². The number of benzene rings is 1. The number of likely N-dealkylation sites (N-methyl/N-ethyl adjacent to an activating group) is 1. The third kappa shape index (κ3) is 3.81. The van der Waals surface area contributed by atoms with Crippen molar-refractivity contribution >= 4 is 17.9 Å². The lowest BCUT2D eigenvalue weighted by molar-refractivity contribution is -0.127. The van der Waals surface area contributed by atoms with Gasteiger partial charge < -0.3 is 24.5 Å². The lowest BCUT2D eigenvalue weighted by Crippen LogP contribution is -2.65. The van der Waals surface area contributed by atoms with Crippen molar-refractivity contribution in [2.45, 2.75) is 45.0 Å². The molecule has 0 spiro atoms. The molecule has 3 aliphatic heterocycles.